The lowest BCUT2D eigenvalue weighted by Gasteiger charge is -2.12. The number of hydrogen-bond donors (Lipinski definition) is 4. The first-order chi connectivity index (χ1) is 16.0. The van der Waals surface area contributed by atoms with Crippen LogP contribution in [0.15, 0.2) is 54.3 Å². The molecule has 1 aliphatic carbocycles. The van der Waals surface area contributed by atoms with Crippen LogP contribution in [0.5, 0.6) is 0 Å². The highest BCUT2D eigenvalue weighted by Gasteiger charge is 2.19. The zero-order valence-electron chi connectivity index (χ0n) is 18.3. The molecule has 0 spiro atoms. The van der Waals surface area contributed by atoms with Crippen molar-refractivity contribution in [1.82, 2.24) is 10.6 Å². The Bertz CT molecular complexity index is 1170. The number of hydrogen-bond acceptors (Lipinski definition) is 6. The number of benzene rings is 1. The molecule has 33 heavy (non-hydrogen) atoms. The van der Waals surface area contributed by atoms with Gasteiger partial charge in [0.25, 0.3) is 0 Å². The fourth-order valence-corrected chi connectivity index (χ4v) is 4.88. The first-order valence-corrected chi connectivity index (χ1v) is 11.4. The van der Waals surface area contributed by atoms with E-state index < -0.39 is 5.82 Å². The molecule has 6 nitrogen and oxygen atoms in total. The third kappa shape index (κ3) is 6.04. The van der Waals surface area contributed by atoms with Crippen molar-refractivity contribution in [2.45, 2.75) is 25.3 Å². The van der Waals surface area contributed by atoms with Crippen molar-refractivity contribution in [2.75, 3.05) is 13.6 Å². The molecule has 1 aliphatic rings. The van der Waals surface area contributed by atoms with Gasteiger partial charge in [-0.2, -0.15) is 5.26 Å². The Hall–Kier alpha value is -3.54. The van der Waals surface area contributed by atoms with E-state index in [9.17, 15) is 9.18 Å². The van der Waals surface area contributed by atoms with Gasteiger partial charge in [0, 0.05) is 46.7 Å². The van der Waals surface area contributed by atoms with Gasteiger partial charge in [-0.05, 0) is 54.7 Å². The number of nitriles is 1. The van der Waals surface area contributed by atoms with Crippen molar-refractivity contribution in [3.8, 4) is 17.2 Å². The van der Waals surface area contributed by atoms with Crippen molar-refractivity contribution in [3.05, 3.63) is 75.4 Å². The van der Waals surface area contributed by atoms with Crippen LogP contribution >= 0.6 is 11.3 Å². The zero-order valence-corrected chi connectivity index (χ0v) is 19.1. The summed E-state index contributed by atoms with van der Waals surface area (Å²) in [5, 5.41) is 23.0. The molecule has 1 aromatic heterocycles. The third-order valence-electron chi connectivity index (χ3n) is 5.24. The van der Waals surface area contributed by atoms with Crippen molar-refractivity contribution in [1.29, 1.82) is 10.7 Å². The van der Waals surface area contributed by atoms with Crippen LogP contribution in [-0.2, 0) is 11.2 Å². The summed E-state index contributed by atoms with van der Waals surface area (Å²) in [6.07, 6.45) is 10.3. The standard InChI is InChI=1S/C25H26FN5OS/c1-30-14-19-7-5-17(10-24(19)29)25-22(16-4-6-18(13-27)23(26)9-16)12-21(33-25)11-20(28)3-2-8-31-15-32/h4-7,9-10,12,14-15,20,29-30H,2-3,8,11,28H2,1H3,(H,31,32)/b19-14-,29-24?. The van der Waals surface area contributed by atoms with Crippen LogP contribution < -0.4 is 16.4 Å². The second-order valence-corrected chi connectivity index (χ2v) is 8.81. The molecule has 0 saturated carbocycles. The maximum Gasteiger partial charge on any atom is 0.207 e. The summed E-state index contributed by atoms with van der Waals surface area (Å²) < 4.78 is 14.4. The SMILES string of the molecule is CN/C=C1/C=CC(c2sc(CC(N)CCCNC=O)cc2-c2ccc(C#N)c(F)c2)=CC1=N. The lowest BCUT2D eigenvalue weighted by molar-refractivity contribution is -0.109. The van der Waals surface area contributed by atoms with Crippen LogP contribution in [-0.4, -0.2) is 31.8 Å². The number of rotatable bonds is 10. The number of amides is 1. The van der Waals surface area contributed by atoms with Gasteiger partial charge in [0.2, 0.25) is 6.41 Å². The maximum atomic E-state index is 14.4. The Morgan fingerprint density at radius 2 is 2.15 bits per heavy atom. The summed E-state index contributed by atoms with van der Waals surface area (Å²) >= 11 is 1.57. The topological polar surface area (TPSA) is 115 Å². The highest BCUT2D eigenvalue weighted by Crippen LogP contribution is 2.39. The van der Waals surface area contributed by atoms with E-state index in [1.54, 1.807) is 36.7 Å². The van der Waals surface area contributed by atoms with Crippen LogP contribution in [0, 0.1) is 22.6 Å². The van der Waals surface area contributed by atoms with Gasteiger partial charge in [0.05, 0.1) is 11.3 Å². The van der Waals surface area contributed by atoms with Crippen LogP contribution in [0.25, 0.3) is 16.7 Å². The number of nitrogens with zero attached hydrogens (tertiary/aromatic N) is 1. The molecule has 5 N–H and O–H groups in total. The second-order valence-electron chi connectivity index (χ2n) is 7.68. The zero-order chi connectivity index (χ0) is 23.8. The van der Waals surface area contributed by atoms with Crippen LogP contribution in [0.3, 0.4) is 0 Å². The highest BCUT2D eigenvalue weighted by molar-refractivity contribution is 7.13. The van der Waals surface area contributed by atoms with Gasteiger partial charge in [0.1, 0.15) is 11.9 Å². The van der Waals surface area contributed by atoms with Gasteiger partial charge >= 0.3 is 0 Å². The predicted molar refractivity (Wildman–Crippen MR) is 131 cm³/mol. The number of nitrogens with two attached hydrogens (primary N) is 1. The Morgan fingerprint density at radius 3 is 2.82 bits per heavy atom. The van der Waals surface area contributed by atoms with Gasteiger partial charge < -0.3 is 21.8 Å². The van der Waals surface area contributed by atoms with E-state index in [0.717, 1.165) is 39.3 Å². The first-order valence-electron chi connectivity index (χ1n) is 10.6. The van der Waals surface area contributed by atoms with Crippen molar-refractivity contribution in [2.24, 2.45) is 5.73 Å². The molecule has 1 unspecified atom stereocenters. The number of carbonyl (C=O) groups is 1. The normalized spacial score (nSPS) is 15.2. The molecule has 1 aromatic carbocycles. The molecule has 1 amide bonds. The molecule has 0 fully saturated rings. The Labute approximate surface area is 196 Å². The summed E-state index contributed by atoms with van der Waals surface area (Å²) in [7, 11) is 1.79. The van der Waals surface area contributed by atoms with Crippen LogP contribution in [0.2, 0.25) is 0 Å². The minimum absolute atomic E-state index is 0.00195. The Balaban J connectivity index is 1.95. The van der Waals surface area contributed by atoms with E-state index in [0.29, 0.717) is 30.7 Å². The molecule has 2 aromatic rings. The Morgan fingerprint density at radius 1 is 1.33 bits per heavy atom. The molecular formula is C25H26FN5OS. The summed E-state index contributed by atoms with van der Waals surface area (Å²) in [5.41, 5.74) is 9.86. The largest absolute Gasteiger partial charge is 0.393 e. The molecule has 0 bridgehead atoms. The highest BCUT2D eigenvalue weighted by atomic mass is 32.1. The van der Waals surface area contributed by atoms with Crippen molar-refractivity contribution in [3.63, 3.8) is 0 Å². The molecule has 8 heteroatoms. The van der Waals surface area contributed by atoms with Crippen LogP contribution in [0.1, 0.15) is 28.2 Å². The number of nitrogens with one attached hydrogen (secondary N) is 3. The molecule has 0 aliphatic heterocycles. The number of halogens is 1. The minimum Gasteiger partial charge on any atom is -0.393 e. The summed E-state index contributed by atoms with van der Waals surface area (Å²) in [6.45, 7) is 0.588. The van der Waals surface area contributed by atoms with E-state index >= 15 is 0 Å². The molecular weight excluding hydrogens is 437 g/mol. The fourth-order valence-electron chi connectivity index (χ4n) is 3.61. The molecule has 0 radical (unpaired) electrons. The smallest absolute Gasteiger partial charge is 0.207 e. The lowest BCUT2D eigenvalue weighted by Crippen LogP contribution is -2.24. The average Bonchev–Trinajstić information content (AvgIpc) is 3.22. The van der Waals surface area contributed by atoms with E-state index in [1.807, 2.05) is 24.3 Å². The molecule has 0 saturated heterocycles. The van der Waals surface area contributed by atoms with Gasteiger partial charge in [-0.3, -0.25) is 4.79 Å². The molecule has 3 rings (SSSR count). The third-order valence-corrected chi connectivity index (χ3v) is 6.45. The quantitative estimate of drug-likeness (QED) is 0.316. The number of thiophene rings is 1. The van der Waals surface area contributed by atoms with E-state index in [2.05, 4.69) is 10.6 Å². The minimum atomic E-state index is -0.562. The Kier molecular flexibility index (Phi) is 8.30. The predicted octanol–water partition coefficient (Wildman–Crippen LogP) is 3.90. The van der Waals surface area contributed by atoms with Crippen molar-refractivity contribution < 1.29 is 9.18 Å². The van der Waals surface area contributed by atoms with Crippen molar-refractivity contribution >= 4 is 29.0 Å². The number of carbonyl (C=O) groups excluding carboxylic acids is 1. The maximum absolute atomic E-state index is 14.4. The van der Waals surface area contributed by atoms with Gasteiger partial charge in [-0.1, -0.05) is 18.2 Å². The van der Waals surface area contributed by atoms with Gasteiger partial charge in [-0.15, -0.1) is 11.3 Å². The van der Waals surface area contributed by atoms with Gasteiger partial charge in [0.15, 0.2) is 0 Å². The molecule has 1 atom stereocenters. The summed E-state index contributed by atoms with van der Waals surface area (Å²) in [6, 6.07) is 8.40. The van der Waals surface area contributed by atoms with Gasteiger partial charge in [-0.25, -0.2) is 4.39 Å². The summed E-state index contributed by atoms with van der Waals surface area (Å²) in [5.74, 6) is -0.562. The second kappa shape index (κ2) is 11.4. The molecule has 1 heterocycles. The monoisotopic (exact) mass is 463 g/mol. The van der Waals surface area contributed by atoms with E-state index in [-0.39, 0.29) is 11.6 Å². The molecule has 170 valence electrons. The lowest BCUT2D eigenvalue weighted by atomic mass is 9.95. The summed E-state index contributed by atoms with van der Waals surface area (Å²) in [4.78, 5) is 12.4. The first kappa shape index (κ1) is 24.1. The van der Waals surface area contributed by atoms with E-state index in [4.69, 9.17) is 16.4 Å². The fraction of sp³-hybridized carbons (Fsp3) is 0.240. The average molecular weight is 464 g/mol. The van der Waals surface area contributed by atoms with E-state index in [1.165, 1.54) is 12.1 Å². The van der Waals surface area contributed by atoms with Crippen LogP contribution in [0.4, 0.5) is 4.39 Å². The number of allylic oxidation sites excluding steroid dienone is 5.